The zero-order chi connectivity index (χ0) is 12.4. The fourth-order valence-corrected chi connectivity index (χ4v) is 2.77. The van der Waals surface area contributed by atoms with Crippen LogP contribution >= 0.6 is 11.3 Å². The van der Waals surface area contributed by atoms with Gasteiger partial charge in [-0.15, -0.1) is 11.3 Å². The van der Waals surface area contributed by atoms with Gasteiger partial charge in [0.1, 0.15) is 0 Å². The monoisotopic (exact) mass is 248 g/mol. The zero-order valence-electron chi connectivity index (χ0n) is 10.9. The third-order valence-electron chi connectivity index (χ3n) is 3.45. The summed E-state index contributed by atoms with van der Waals surface area (Å²) in [5, 5.41) is 5.71. The van der Waals surface area contributed by atoms with Gasteiger partial charge >= 0.3 is 0 Å². The maximum atomic E-state index is 3.58. The molecule has 3 heteroatoms. The molecule has 2 aromatic rings. The molecule has 2 heterocycles. The van der Waals surface area contributed by atoms with Crippen molar-refractivity contribution in [3.63, 3.8) is 0 Å². The minimum absolute atomic E-state index is 0.426. The lowest BCUT2D eigenvalue weighted by Crippen LogP contribution is -2.17. The van der Waals surface area contributed by atoms with E-state index in [0.717, 1.165) is 6.54 Å². The number of aryl methyl sites for hydroxylation is 1. The lowest BCUT2D eigenvalue weighted by atomic mass is 10.2. The van der Waals surface area contributed by atoms with Crippen LogP contribution in [-0.4, -0.2) is 4.57 Å². The predicted molar refractivity (Wildman–Crippen MR) is 74.5 cm³/mol. The van der Waals surface area contributed by atoms with Gasteiger partial charge in [-0.2, -0.15) is 0 Å². The Morgan fingerprint density at radius 3 is 2.71 bits per heavy atom. The smallest absolute Gasteiger partial charge is 0.0388 e. The van der Waals surface area contributed by atoms with Crippen LogP contribution in [-0.2, 0) is 13.6 Å². The van der Waals surface area contributed by atoms with E-state index in [4.69, 9.17) is 0 Å². The summed E-state index contributed by atoms with van der Waals surface area (Å²) in [6.07, 6.45) is 0. The predicted octanol–water partition coefficient (Wildman–Crippen LogP) is 3.55. The normalized spacial score (nSPS) is 12.9. The zero-order valence-corrected chi connectivity index (χ0v) is 11.8. The third-order valence-corrected chi connectivity index (χ3v) is 4.50. The summed E-state index contributed by atoms with van der Waals surface area (Å²) in [6, 6.07) is 6.99. The molecule has 1 atom stereocenters. The van der Waals surface area contributed by atoms with Gasteiger partial charge in [-0.3, -0.25) is 0 Å². The number of rotatable bonds is 4. The summed E-state index contributed by atoms with van der Waals surface area (Å²) >= 11 is 1.81. The molecule has 1 N–H and O–H groups in total. The highest BCUT2D eigenvalue weighted by Gasteiger charge is 2.09. The lowest BCUT2D eigenvalue weighted by Gasteiger charge is -2.12. The van der Waals surface area contributed by atoms with Crippen LogP contribution in [0.25, 0.3) is 0 Å². The van der Waals surface area contributed by atoms with Gasteiger partial charge in [-0.1, -0.05) is 6.07 Å². The van der Waals surface area contributed by atoms with Crippen LogP contribution in [0.3, 0.4) is 0 Å². The van der Waals surface area contributed by atoms with E-state index < -0.39 is 0 Å². The van der Waals surface area contributed by atoms with Crippen molar-refractivity contribution in [1.82, 2.24) is 9.88 Å². The van der Waals surface area contributed by atoms with Crippen molar-refractivity contribution in [2.75, 3.05) is 0 Å². The van der Waals surface area contributed by atoms with E-state index in [1.165, 1.54) is 21.8 Å². The third kappa shape index (κ3) is 2.61. The van der Waals surface area contributed by atoms with E-state index in [9.17, 15) is 0 Å². The Kier molecular flexibility index (Phi) is 3.69. The number of hydrogen-bond donors (Lipinski definition) is 1. The summed E-state index contributed by atoms with van der Waals surface area (Å²) in [4.78, 5) is 1.40. The SMILES string of the molecule is Cc1cc(CN[C@@H](C)c2cccs2)c(C)n1C. The molecule has 0 aliphatic heterocycles. The Labute approximate surface area is 107 Å². The first kappa shape index (κ1) is 12.4. The number of thiophene rings is 1. The van der Waals surface area contributed by atoms with Crippen molar-refractivity contribution < 1.29 is 0 Å². The average molecular weight is 248 g/mol. The molecule has 17 heavy (non-hydrogen) atoms. The fraction of sp³-hybridized carbons (Fsp3) is 0.429. The van der Waals surface area contributed by atoms with Crippen LogP contribution in [0.5, 0.6) is 0 Å². The van der Waals surface area contributed by atoms with Crippen molar-refractivity contribution in [3.05, 3.63) is 45.4 Å². The van der Waals surface area contributed by atoms with E-state index >= 15 is 0 Å². The van der Waals surface area contributed by atoms with Crippen LogP contribution in [0.4, 0.5) is 0 Å². The van der Waals surface area contributed by atoms with Crippen molar-refractivity contribution in [2.24, 2.45) is 7.05 Å². The molecule has 0 amide bonds. The number of nitrogens with zero attached hydrogens (tertiary/aromatic N) is 1. The minimum atomic E-state index is 0.426. The van der Waals surface area contributed by atoms with Crippen LogP contribution in [0.1, 0.15) is 34.8 Å². The highest BCUT2D eigenvalue weighted by atomic mass is 32.1. The quantitative estimate of drug-likeness (QED) is 0.875. The summed E-state index contributed by atoms with van der Waals surface area (Å²) < 4.78 is 2.24. The van der Waals surface area contributed by atoms with Crippen LogP contribution < -0.4 is 5.32 Å². The Balaban J connectivity index is 2.00. The topological polar surface area (TPSA) is 17.0 Å². The molecule has 0 radical (unpaired) electrons. The van der Waals surface area contributed by atoms with Crippen molar-refractivity contribution in [1.29, 1.82) is 0 Å². The van der Waals surface area contributed by atoms with E-state index in [-0.39, 0.29) is 0 Å². The van der Waals surface area contributed by atoms with E-state index in [0.29, 0.717) is 6.04 Å². The van der Waals surface area contributed by atoms with E-state index in [1.807, 2.05) is 11.3 Å². The molecule has 0 spiro atoms. The molecule has 0 aliphatic rings. The lowest BCUT2D eigenvalue weighted by molar-refractivity contribution is 0.580. The van der Waals surface area contributed by atoms with Gasteiger partial charge < -0.3 is 9.88 Å². The summed E-state index contributed by atoms with van der Waals surface area (Å²) in [5.74, 6) is 0. The highest BCUT2D eigenvalue weighted by Crippen LogP contribution is 2.19. The van der Waals surface area contributed by atoms with Crippen molar-refractivity contribution in [2.45, 2.75) is 33.4 Å². The first-order valence-electron chi connectivity index (χ1n) is 5.98. The molecule has 0 saturated heterocycles. The van der Waals surface area contributed by atoms with E-state index in [2.05, 4.69) is 61.3 Å². The van der Waals surface area contributed by atoms with Gasteiger partial charge in [0.05, 0.1) is 0 Å². The molecule has 92 valence electrons. The summed E-state index contributed by atoms with van der Waals surface area (Å²) in [6.45, 7) is 7.49. The minimum Gasteiger partial charge on any atom is -0.352 e. The first-order chi connectivity index (χ1) is 8.09. The molecule has 0 aliphatic carbocycles. The van der Waals surface area contributed by atoms with Gasteiger partial charge in [0, 0.05) is 35.9 Å². The number of aromatic nitrogens is 1. The van der Waals surface area contributed by atoms with Gasteiger partial charge in [0.25, 0.3) is 0 Å². The standard InChI is InChI=1S/C14H20N2S/c1-10-8-13(12(3)16(10)4)9-15-11(2)14-6-5-7-17-14/h5-8,11,15H,9H2,1-4H3/t11-/m0/s1. The van der Waals surface area contributed by atoms with Gasteiger partial charge in [-0.25, -0.2) is 0 Å². The molecular weight excluding hydrogens is 228 g/mol. The maximum Gasteiger partial charge on any atom is 0.0388 e. The number of nitrogens with one attached hydrogen (secondary N) is 1. The van der Waals surface area contributed by atoms with Crippen LogP contribution in [0.2, 0.25) is 0 Å². The summed E-state index contributed by atoms with van der Waals surface area (Å²) in [7, 11) is 2.12. The average Bonchev–Trinajstić information content (AvgIpc) is 2.91. The molecule has 0 aromatic carbocycles. The molecule has 0 unspecified atom stereocenters. The largest absolute Gasteiger partial charge is 0.352 e. The Bertz CT molecular complexity index is 483. The summed E-state index contributed by atoms with van der Waals surface area (Å²) in [5.41, 5.74) is 4.07. The fourth-order valence-electron chi connectivity index (χ4n) is 2.01. The number of hydrogen-bond acceptors (Lipinski definition) is 2. The van der Waals surface area contributed by atoms with Crippen LogP contribution in [0.15, 0.2) is 23.6 Å². The maximum absolute atomic E-state index is 3.58. The molecule has 2 aromatic heterocycles. The van der Waals surface area contributed by atoms with Gasteiger partial charge in [0.15, 0.2) is 0 Å². The molecule has 2 rings (SSSR count). The Morgan fingerprint density at radius 2 is 2.18 bits per heavy atom. The first-order valence-corrected chi connectivity index (χ1v) is 6.86. The highest BCUT2D eigenvalue weighted by molar-refractivity contribution is 7.10. The van der Waals surface area contributed by atoms with E-state index in [1.54, 1.807) is 0 Å². The van der Waals surface area contributed by atoms with Crippen LogP contribution in [0, 0.1) is 13.8 Å². The molecule has 0 fully saturated rings. The Hall–Kier alpha value is -1.06. The molecule has 0 saturated carbocycles. The second kappa shape index (κ2) is 5.07. The second-order valence-corrected chi connectivity index (χ2v) is 5.55. The molecular formula is C14H20N2S. The van der Waals surface area contributed by atoms with Gasteiger partial charge in [-0.05, 0) is 43.8 Å². The molecule has 0 bridgehead atoms. The van der Waals surface area contributed by atoms with Crippen molar-refractivity contribution >= 4 is 11.3 Å². The Morgan fingerprint density at radius 1 is 1.41 bits per heavy atom. The van der Waals surface area contributed by atoms with Crippen molar-refractivity contribution in [3.8, 4) is 0 Å². The molecule has 2 nitrogen and oxygen atoms in total. The van der Waals surface area contributed by atoms with Gasteiger partial charge in [0.2, 0.25) is 0 Å². The second-order valence-electron chi connectivity index (χ2n) is 4.57.